The van der Waals surface area contributed by atoms with Crippen molar-refractivity contribution < 1.29 is 0 Å². The van der Waals surface area contributed by atoms with Gasteiger partial charge in [0.2, 0.25) is 11.9 Å². The molecule has 0 bridgehead atoms. The molecule has 2 heterocycles. The molecule has 0 radical (unpaired) electrons. The third-order valence-electron chi connectivity index (χ3n) is 4.38. The average molecular weight is 429 g/mol. The van der Waals surface area contributed by atoms with E-state index in [4.69, 9.17) is 52.1 Å². The van der Waals surface area contributed by atoms with Crippen molar-refractivity contribution in [1.82, 2.24) is 14.8 Å². The van der Waals surface area contributed by atoms with E-state index in [1.165, 1.54) is 0 Å². The molecular weight excluding hydrogens is 416 g/mol. The van der Waals surface area contributed by atoms with E-state index in [2.05, 4.69) is 15.4 Å². The maximum Gasteiger partial charge on any atom is 0.241 e. The Kier molecular flexibility index (Phi) is 4.65. The van der Waals surface area contributed by atoms with Crippen LogP contribution in [0.1, 0.15) is 29.6 Å². The van der Waals surface area contributed by atoms with Gasteiger partial charge in [0.1, 0.15) is 0 Å². The first-order chi connectivity index (χ1) is 12.4. The van der Waals surface area contributed by atoms with E-state index in [-0.39, 0.29) is 18.0 Å². The highest BCUT2D eigenvalue weighted by molar-refractivity contribution is 6.36. The van der Waals surface area contributed by atoms with Gasteiger partial charge in [-0.1, -0.05) is 58.5 Å². The normalized spacial score (nSPS) is 19.1. The van der Waals surface area contributed by atoms with Crippen LogP contribution in [0, 0.1) is 0 Å². The largest absolute Gasteiger partial charge is 0.366 e. The molecule has 3 aromatic rings. The van der Waals surface area contributed by atoms with Crippen molar-refractivity contribution in [3.63, 3.8) is 0 Å². The Bertz CT molecular complexity index is 967. The van der Waals surface area contributed by atoms with Crippen molar-refractivity contribution >= 4 is 58.3 Å². The summed E-state index contributed by atoms with van der Waals surface area (Å²) in [5, 5.41) is 9.90. The highest BCUT2D eigenvalue weighted by atomic mass is 35.5. The fourth-order valence-corrected chi connectivity index (χ4v) is 4.44. The lowest BCUT2D eigenvalue weighted by atomic mass is 9.93. The van der Waals surface area contributed by atoms with E-state index in [9.17, 15) is 0 Å². The summed E-state index contributed by atoms with van der Waals surface area (Å²) in [4.78, 5) is 4.27. The fourth-order valence-electron chi connectivity index (χ4n) is 3.25. The summed E-state index contributed by atoms with van der Waals surface area (Å²) < 4.78 is 1.71. The number of nitrogen functional groups attached to an aromatic ring is 1. The number of nitrogens with zero attached hydrogens (tertiary/aromatic N) is 3. The predicted octanol–water partition coefficient (Wildman–Crippen LogP) is 5.62. The molecule has 0 amide bonds. The molecule has 0 fully saturated rings. The zero-order chi connectivity index (χ0) is 18.4. The molecule has 0 aliphatic carbocycles. The maximum absolute atomic E-state index is 6.44. The van der Waals surface area contributed by atoms with E-state index in [0.717, 1.165) is 11.1 Å². The topological polar surface area (TPSA) is 68.8 Å². The lowest BCUT2D eigenvalue weighted by Gasteiger charge is -2.32. The van der Waals surface area contributed by atoms with Crippen molar-refractivity contribution in [3.05, 3.63) is 67.6 Å². The number of nitrogens with two attached hydrogens (primary N) is 1. The van der Waals surface area contributed by atoms with Crippen LogP contribution in [-0.4, -0.2) is 14.8 Å². The van der Waals surface area contributed by atoms with Crippen LogP contribution in [0.15, 0.2) is 36.4 Å². The van der Waals surface area contributed by atoms with Gasteiger partial charge in [-0.25, -0.2) is 4.68 Å². The molecule has 2 aromatic carbocycles. The highest BCUT2D eigenvalue weighted by Crippen LogP contribution is 2.44. The second-order valence-electron chi connectivity index (χ2n) is 5.99. The van der Waals surface area contributed by atoms with Crippen LogP contribution in [-0.2, 0) is 0 Å². The molecule has 0 spiro atoms. The van der Waals surface area contributed by atoms with Gasteiger partial charge in [0.05, 0.1) is 12.1 Å². The summed E-state index contributed by atoms with van der Waals surface area (Å²) in [7, 11) is 0. The van der Waals surface area contributed by atoms with Crippen molar-refractivity contribution in [3.8, 4) is 0 Å². The van der Waals surface area contributed by atoms with Crippen LogP contribution < -0.4 is 11.1 Å². The SMILES string of the molecule is Nc1nc2n(n1)[C@H](c1c(Cl)cccc1Cl)C[C@H](c1ccc(Cl)cc1Cl)N2. The molecule has 2 atom stereocenters. The summed E-state index contributed by atoms with van der Waals surface area (Å²) in [6.45, 7) is 0. The minimum Gasteiger partial charge on any atom is -0.366 e. The molecule has 1 aliphatic rings. The molecule has 1 aromatic heterocycles. The average Bonchev–Trinajstić information content (AvgIpc) is 2.94. The zero-order valence-electron chi connectivity index (χ0n) is 13.3. The van der Waals surface area contributed by atoms with E-state index in [0.29, 0.717) is 32.5 Å². The molecule has 134 valence electrons. The Morgan fingerprint density at radius 1 is 1.04 bits per heavy atom. The lowest BCUT2D eigenvalue weighted by molar-refractivity contribution is 0.432. The van der Waals surface area contributed by atoms with E-state index < -0.39 is 0 Å². The second-order valence-corrected chi connectivity index (χ2v) is 7.65. The van der Waals surface area contributed by atoms with Gasteiger partial charge in [0, 0.05) is 25.7 Å². The molecule has 3 N–H and O–H groups in total. The van der Waals surface area contributed by atoms with Crippen molar-refractivity contribution in [2.75, 3.05) is 11.1 Å². The number of rotatable bonds is 2. The minimum atomic E-state index is -0.242. The van der Waals surface area contributed by atoms with Gasteiger partial charge in [-0.05, 0) is 36.2 Å². The predicted molar refractivity (Wildman–Crippen MR) is 106 cm³/mol. The van der Waals surface area contributed by atoms with Crippen molar-refractivity contribution in [1.29, 1.82) is 0 Å². The Labute approximate surface area is 170 Å². The first-order valence-corrected chi connectivity index (χ1v) is 9.32. The number of hydrogen-bond acceptors (Lipinski definition) is 4. The van der Waals surface area contributed by atoms with Crippen molar-refractivity contribution in [2.24, 2.45) is 0 Å². The van der Waals surface area contributed by atoms with E-state index in [1.54, 1.807) is 35.0 Å². The first-order valence-electron chi connectivity index (χ1n) is 7.81. The van der Waals surface area contributed by atoms with E-state index >= 15 is 0 Å². The van der Waals surface area contributed by atoms with Gasteiger partial charge in [-0.3, -0.25) is 0 Å². The summed E-state index contributed by atoms with van der Waals surface area (Å²) in [5.74, 6) is 0.703. The quantitative estimate of drug-likeness (QED) is 0.555. The Morgan fingerprint density at radius 3 is 2.46 bits per heavy atom. The number of anilines is 2. The zero-order valence-corrected chi connectivity index (χ0v) is 16.3. The van der Waals surface area contributed by atoms with Crippen LogP contribution in [0.25, 0.3) is 0 Å². The molecule has 0 unspecified atom stereocenters. The number of hydrogen-bond donors (Lipinski definition) is 2. The van der Waals surface area contributed by atoms with Crippen molar-refractivity contribution in [2.45, 2.75) is 18.5 Å². The second kappa shape index (κ2) is 6.82. The Morgan fingerprint density at radius 2 is 1.77 bits per heavy atom. The van der Waals surface area contributed by atoms with Gasteiger partial charge < -0.3 is 11.1 Å². The number of benzene rings is 2. The lowest BCUT2D eigenvalue weighted by Crippen LogP contribution is -2.28. The summed E-state index contributed by atoms with van der Waals surface area (Å²) in [6.07, 6.45) is 0.612. The van der Waals surface area contributed by atoms with Crippen LogP contribution in [0.5, 0.6) is 0 Å². The van der Waals surface area contributed by atoms with Crippen LogP contribution >= 0.6 is 46.4 Å². The highest BCUT2D eigenvalue weighted by Gasteiger charge is 2.33. The summed E-state index contributed by atoms with van der Waals surface area (Å²) >= 11 is 25.3. The van der Waals surface area contributed by atoms with Gasteiger partial charge in [0.25, 0.3) is 0 Å². The van der Waals surface area contributed by atoms with Gasteiger partial charge in [-0.2, -0.15) is 4.98 Å². The van der Waals surface area contributed by atoms with Crippen LogP contribution in [0.2, 0.25) is 20.1 Å². The number of aromatic nitrogens is 3. The Balaban J connectivity index is 1.83. The molecule has 0 saturated carbocycles. The van der Waals surface area contributed by atoms with Crippen LogP contribution in [0.4, 0.5) is 11.9 Å². The molecular formula is C17H13Cl4N5. The molecule has 0 saturated heterocycles. The summed E-state index contributed by atoms with van der Waals surface area (Å²) in [6, 6.07) is 10.4. The molecule has 5 nitrogen and oxygen atoms in total. The monoisotopic (exact) mass is 427 g/mol. The third kappa shape index (κ3) is 3.09. The molecule has 9 heteroatoms. The van der Waals surface area contributed by atoms with Gasteiger partial charge in [0.15, 0.2) is 0 Å². The molecule has 1 aliphatic heterocycles. The van der Waals surface area contributed by atoms with Gasteiger partial charge >= 0.3 is 0 Å². The standard InChI is InChI=1S/C17H13Cl4N5/c18-8-4-5-9(12(21)6-8)13-7-14(15-10(19)2-1-3-11(15)20)26-17(23-13)24-16(22)25-26/h1-6,13-14H,7H2,(H3,22,23,24,25)/t13-,14+/m1/s1. The number of nitrogens with one attached hydrogen (secondary N) is 1. The minimum absolute atomic E-state index is 0.131. The summed E-state index contributed by atoms with van der Waals surface area (Å²) in [5.41, 5.74) is 7.49. The van der Waals surface area contributed by atoms with Gasteiger partial charge in [-0.15, -0.1) is 5.10 Å². The molecule has 4 rings (SSSR count). The third-order valence-corrected chi connectivity index (χ3v) is 5.60. The fraction of sp³-hybridized carbons (Fsp3) is 0.176. The number of halogens is 4. The van der Waals surface area contributed by atoms with E-state index in [1.807, 2.05) is 6.07 Å². The first kappa shape index (κ1) is 17.7. The smallest absolute Gasteiger partial charge is 0.241 e. The van der Waals surface area contributed by atoms with Crippen LogP contribution in [0.3, 0.4) is 0 Å². The number of fused-ring (bicyclic) bond motifs is 1. The Hall–Kier alpha value is -1.66. The molecule has 26 heavy (non-hydrogen) atoms. The maximum atomic E-state index is 6.44.